The molecule has 0 unspecified atom stereocenters. The Kier molecular flexibility index (Phi) is 3.78. The average Bonchev–Trinajstić information content (AvgIpc) is 2.53. The fourth-order valence-corrected chi connectivity index (χ4v) is 2.01. The van der Waals surface area contributed by atoms with Crippen LogP contribution in [0.25, 0.3) is 0 Å². The lowest BCUT2D eigenvalue weighted by atomic mass is 10.1. The molecule has 1 aliphatic rings. The Morgan fingerprint density at radius 3 is 2.71 bits per heavy atom. The number of methoxy groups -OCH3 is 1. The molecule has 0 spiro atoms. The van der Waals surface area contributed by atoms with Gasteiger partial charge in [0.1, 0.15) is 5.82 Å². The first-order valence-corrected chi connectivity index (χ1v) is 6.11. The summed E-state index contributed by atoms with van der Waals surface area (Å²) in [5.41, 5.74) is 2.33. The van der Waals surface area contributed by atoms with Gasteiger partial charge in [-0.2, -0.15) is 9.97 Å². The van der Waals surface area contributed by atoms with Crippen LogP contribution in [0.1, 0.15) is 25.1 Å². The quantitative estimate of drug-likeness (QED) is 0.819. The number of ether oxygens (including phenoxy) is 1. The van der Waals surface area contributed by atoms with Crippen LogP contribution in [-0.2, 0) is 12.8 Å². The molecule has 0 radical (unpaired) electrons. The minimum Gasteiger partial charge on any atom is -0.467 e. The molecule has 94 valence electrons. The number of nitrogens with zero attached hydrogens (tertiary/aromatic N) is 2. The highest BCUT2D eigenvalue weighted by atomic mass is 16.5. The summed E-state index contributed by atoms with van der Waals surface area (Å²) < 4.78 is 5.16. The van der Waals surface area contributed by atoms with Crippen molar-refractivity contribution in [1.82, 2.24) is 15.3 Å². The van der Waals surface area contributed by atoms with E-state index >= 15 is 0 Å². The Hall–Kier alpha value is -1.36. The number of hydrogen-bond acceptors (Lipinski definition) is 5. The third-order valence-corrected chi connectivity index (χ3v) is 2.77. The molecule has 1 aliphatic heterocycles. The second-order valence-corrected chi connectivity index (χ2v) is 4.53. The smallest absolute Gasteiger partial charge is 0.318 e. The second kappa shape index (κ2) is 5.31. The van der Waals surface area contributed by atoms with Gasteiger partial charge >= 0.3 is 6.01 Å². The zero-order valence-corrected chi connectivity index (χ0v) is 10.7. The molecule has 2 N–H and O–H groups in total. The molecule has 17 heavy (non-hydrogen) atoms. The number of fused-ring (bicyclic) bond motifs is 1. The molecule has 2 rings (SSSR count). The molecule has 0 aliphatic carbocycles. The molecule has 1 aromatic rings. The number of rotatable bonds is 3. The highest BCUT2D eigenvalue weighted by Crippen LogP contribution is 2.22. The maximum Gasteiger partial charge on any atom is 0.318 e. The molecule has 0 bridgehead atoms. The summed E-state index contributed by atoms with van der Waals surface area (Å²) in [4.78, 5) is 8.86. The first-order valence-electron chi connectivity index (χ1n) is 6.11. The van der Waals surface area contributed by atoms with Gasteiger partial charge in [-0.05, 0) is 26.8 Å². The van der Waals surface area contributed by atoms with Crippen molar-refractivity contribution < 1.29 is 4.74 Å². The zero-order valence-electron chi connectivity index (χ0n) is 10.7. The minimum atomic E-state index is 0.356. The predicted octanol–water partition coefficient (Wildman–Crippen LogP) is 0.994. The van der Waals surface area contributed by atoms with Crippen molar-refractivity contribution in [2.45, 2.75) is 32.7 Å². The van der Waals surface area contributed by atoms with Gasteiger partial charge in [0.25, 0.3) is 0 Å². The summed E-state index contributed by atoms with van der Waals surface area (Å²) in [6, 6.07) is 0.809. The first-order chi connectivity index (χ1) is 8.20. The Labute approximate surface area is 102 Å². The SMILES string of the molecule is COc1nc2c(c(NC(C)C)n1)CCNCC2. The van der Waals surface area contributed by atoms with Crippen LogP contribution in [0, 0.1) is 0 Å². The highest BCUT2D eigenvalue weighted by molar-refractivity contribution is 5.49. The molecule has 0 saturated heterocycles. The monoisotopic (exact) mass is 236 g/mol. The summed E-state index contributed by atoms with van der Waals surface area (Å²) >= 11 is 0. The van der Waals surface area contributed by atoms with Crippen LogP contribution in [-0.4, -0.2) is 36.2 Å². The molecule has 0 saturated carbocycles. The Morgan fingerprint density at radius 2 is 2.00 bits per heavy atom. The molecule has 0 fully saturated rings. The molecule has 0 atom stereocenters. The molecule has 5 heteroatoms. The fourth-order valence-electron chi connectivity index (χ4n) is 2.01. The first kappa shape index (κ1) is 12.1. The normalized spacial score (nSPS) is 15.3. The standard InChI is InChI=1S/C12H20N4O/c1-8(2)14-11-9-4-6-13-7-5-10(9)15-12(16-11)17-3/h8,13H,4-7H2,1-3H3,(H,14,15,16). The van der Waals surface area contributed by atoms with Crippen molar-refractivity contribution in [2.24, 2.45) is 0 Å². The Morgan fingerprint density at radius 1 is 1.24 bits per heavy atom. The lowest BCUT2D eigenvalue weighted by Crippen LogP contribution is -2.17. The van der Waals surface area contributed by atoms with Crippen molar-refractivity contribution in [3.05, 3.63) is 11.3 Å². The molecular formula is C12H20N4O. The summed E-state index contributed by atoms with van der Waals surface area (Å²) in [5.74, 6) is 0.922. The summed E-state index contributed by atoms with van der Waals surface area (Å²) in [6.45, 7) is 6.16. The van der Waals surface area contributed by atoms with Crippen LogP contribution < -0.4 is 15.4 Å². The van der Waals surface area contributed by atoms with Crippen LogP contribution in [0.4, 0.5) is 5.82 Å². The zero-order chi connectivity index (χ0) is 12.3. The van der Waals surface area contributed by atoms with Gasteiger partial charge in [0.15, 0.2) is 0 Å². The maximum absolute atomic E-state index is 5.16. The van der Waals surface area contributed by atoms with E-state index < -0.39 is 0 Å². The van der Waals surface area contributed by atoms with E-state index in [1.165, 1.54) is 5.56 Å². The number of nitrogens with one attached hydrogen (secondary N) is 2. The predicted molar refractivity (Wildman–Crippen MR) is 67.6 cm³/mol. The third-order valence-electron chi connectivity index (χ3n) is 2.77. The number of hydrogen-bond donors (Lipinski definition) is 2. The maximum atomic E-state index is 5.16. The molecule has 0 aromatic carbocycles. The summed E-state index contributed by atoms with van der Waals surface area (Å²) in [6.07, 6.45) is 1.90. The van der Waals surface area contributed by atoms with Gasteiger partial charge in [-0.3, -0.25) is 0 Å². The number of anilines is 1. The van der Waals surface area contributed by atoms with Crippen LogP contribution in [0.3, 0.4) is 0 Å². The lowest BCUT2D eigenvalue weighted by molar-refractivity contribution is 0.378. The van der Waals surface area contributed by atoms with E-state index in [0.717, 1.165) is 37.4 Å². The van der Waals surface area contributed by atoms with Gasteiger partial charge in [-0.1, -0.05) is 0 Å². The van der Waals surface area contributed by atoms with Gasteiger partial charge in [-0.25, -0.2) is 0 Å². The van der Waals surface area contributed by atoms with Crippen LogP contribution in [0.2, 0.25) is 0 Å². The van der Waals surface area contributed by atoms with E-state index in [0.29, 0.717) is 12.1 Å². The number of aromatic nitrogens is 2. The molecular weight excluding hydrogens is 216 g/mol. The van der Waals surface area contributed by atoms with Gasteiger partial charge in [0.2, 0.25) is 0 Å². The van der Waals surface area contributed by atoms with Crippen LogP contribution >= 0.6 is 0 Å². The molecule has 1 aromatic heterocycles. The van der Waals surface area contributed by atoms with Crippen LogP contribution in [0.15, 0.2) is 0 Å². The lowest BCUT2D eigenvalue weighted by Gasteiger charge is -2.15. The Balaban J connectivity index is 2.40. The summed E-state index contributed by atoms with van der Waals surface area (Å²) in [7, 11) is 1.61. The van der Waals surface area contributed by atoms with Crippen molar-refractivity contribution in [1.29, 1.82) is 0 Å². The van der Waals surface area contributed by atoms with Crippen LogP contribution in [0.5, 0.6) is 6.01 Å². The summed E-state index contributed by atoms with van der Waals surface area (Å²) in [5, 5.41) is 6.75. The molecule has 0 amide bonds. The van der Waals surface area contributed by atoms with Gasteiger partial charge in [0, 0.05) is 24.6 Å². The van der Waals surface area contributed by atoms with E-state index in [-0.39, 0.29) is 0 Å². The van der Waals surface area contributed by atoms with Gasteiger partial charge in [-0.15, -0.1) is 0 Å². The average molecular weight is 236 g/mol. The highest BCUT2D eigenvalue weighted by Gasteiger charge is 2.17. The second-order valence-electron chi connectivity index (χ2n) is 4.53. The fraction of sp³-hybridized carbons (Fsp3) is 0.667. The van der Waals surface area contributed by atoms with E-state index in [2.05, 4.69) is 34.4 Å². The van der Waals surface area contributed by atoms with E-state index in [9.17, 15) is 0 Å². The third kappa shape index (κ3) is 2.85. The van der Waals surface area contributed by atoms with Crippen molar-refractivity contribution >= 4 is 5.82 Å². The van der Waals surface area contributed by atoms with Crippen molar-refractivity contribution in [3.63, 3.8) is 0 Å². The largest absolute Gasteiger partial charge is 0.467 e. The van der Waals surface area contributed by atoms with Crippen molar-refractivity contribution in [3.8, 4) is 6.01 Å². The minimum absolute atomic E-state index is 0.356. The van der Waals surface area contributed by atoms with Gasteiger partial charge in [0.05, 0.1) is 12.8 Å². The van der Waals surface area contributed by atoms with E-state index in [4.69, 9.17) is 4.74 Å². The molecule has 2 heterocycles. The Bertz CT molecular complexity index is 392. The van der Waals surface area contributed by atoms with E-state index in [1.807, 2.05) is 0 Å². The van der Waals surface area contributed by atoms with Crippen molar-refractivity contribution in [2.75, 3.05) is 25.5 Å². The van der Waals surface area contributed by atoms with Gasteiger partial charge < -0.3 is 15.4 Å². The molecule has 5 nitrogen and oxygen atoms in total. The topological polar surface area (TPSA) is 59.1 Å². The van der Waals surface area contributed by atoms with E-state index in [1.54, 1.807) is 7.11 Å².